The van der Waals surface area contributed by atoms with E-state index in [1.807, 2.05) is 18.2 Å². The zero-order chi connectivity index (χ0) is 16.1. The van der Waals surface area contributed by atoms with E-state index < -0.39 is 0 Å². The van der Waals surface area contributed by atoms with Crippen molar-refractivity contribution in [3.63, 3.8) is 0 Å². The fourth-order valence-electron chi connectivity index (χ4n) is 4.52. The number of H-pyrrole nitrogens is 2. The monoisotopic (exact) mass is 337 g/mol. The lowest BCUT2D eigenvalue weighted by Gasteiger charge is -2.23. The summed E-state index contributed by atoms with van der Waals surface area (Å²) in [6, 6.07) is 12.7. The molecule has 0 saturated heterocycles. The van der Waals surface area contributed by atoms with Gasteiger partial charge in [-0.05, 0) is 49.4 Å². The predicted molar refractivity (Wildman–Crippen MR) is 94.9 cm³/mol. The van der Waals surface area contributed by atoms with E-state index in [1.54, 1.807) is 0 Å². The second-order valence-electron chi connectivity index (χ2n) is 7.00. The summed E-state index contributed by atoms with van der Waals surface area (Å²) in [6.07, 6.45) is 5.27. The summed E-state index contributed by atoms with van der Waals surface area (Å²) < 4.78 is 2.94. The van der Waals surface area contributed by atoms with Gasteiger partial charge in [0.1, 0.15) is 5.69 Å². The number of nitrogens with zero attached hydrogens (tertiary/aromatic N) is 3. The van der Waals surface area contributed by atoms with Crippen molar-refractivity contribution >= 4 is 12.2 Å². The van der Waals surface area contributed by atoms with Crippen molar-refractivity contribution in [2.75, 3.05) is 0 Å². The molecule has 2 fully saturated rings. The van der Waals surface area contributed by atoms with Gasteiger partial charge in [-0.25, -0.2) is 0 Å². The van der Waals surface area contributed by atoms with Gasteiger partial charge in [0, 0.05) is 11.6 Å². The van der Waals surface area contributed by atoms with Gasteiger partial charge in [-0.2, -0.15) is 10.2 Å². The first-order valence-corrected chi connectivity index (χ1v) is 8.98. The molecule has 5 nitrogen and oxygen atoms in total. The number of hydrogen-bond donors (Lipinski definition) is 2. The summed E-state index contributed by atoms with van der Waals surface area (Å²) in [5, 5.41) is 15.1. The average Bonchev–Trinajstić information content (AvgIpc) is 3.38. The third-order valence-electron chi connectivity index (χ3n) is 5.63. The Labute approximate surface area is 145 Å². The van der Waals surface area contributed by atoms with Crippen molar-refractivity contribution in [3.8, 4) is 22.8 Å². The van der Waals surface area contributed by atoms with Crippen LogP contribution in [0.4, 0.5) is 0 Å². The van der Waals surface area contributed by atoms with Gasteiger partial charge in [0.2, 0.25) is 0 Å². The fraction of sp³-hybridized carbons (Fsp3) is 0.389. The highest BCUT2D eigenvalue weighted by Crippen LogP contribution is 2.51. The average molecular weight is 337 g/mol. The smallest absolute Gasteiger partial charge is 0.195 e. The number of aromatic nitrogens is 5. The van der Waals surface area contributed by atoms with Crippen LogP contribution in [0.1, 0.15) is 31.7 Å². The van der Waals surface area contributed by atoms with Gasteiger partial charge in [0.05, 0.1) is 5.69 Å². The summed E-state index contributed by atoms with van der Waals surface area (Å²) in [7, 11) is 0. The number of benzene rings is 1. The molecule has 3 aromatic rings. The molecular formula is C18H19N5S. The molecule has 5 rings (SSSR count). The molecule has 2 aromatic heterocycles. The van der Waals surface area contributed by atoms with Crippen LogP contribution in [0.5, 0.6) is 0 Å². The van der Waals surface area contributed by atoms with Gasteiger partial charge in [0.25, 0.3) is 0 Å². The number of rotatable bonds is 3. The second kappa shape index (κ2) is 5.41. The minimum absolute atomic E-state index is 0.480. The van der Waals surface area contributed by atoms with Gasteiger partial charge in [-0.1, -0.05) is 36.8 Å². The standard InChI is InChI=1S/C18H19N5S/c24-18-22-21-17(23(18)16-9-11-6-7-13(16)8-11)15-10-14(19-20-15)12-4-2-1-3-5-12/h1-5,10-11,13,16H,6-9H2,(H,19,20)(H,22,24)/t11-,13-,16+/m1/s1. The largest absolute Gasteiger partial charge is 0.295 e. The van der Waals surface area contributed by atoms with Crippen molar-refractivity contribution in [3.05, 3.63) is 41.2 Å². The lowest BCUT2D eigenvalue weighted by Crippen LogP contribution is -2.17. The highest BCUT2D eigenvalue weighted by molar-refractivity contribution is 7.71. The van der Waals surface area contributed by atoms with Crippen molar-refractivity contribution in [1.82, 2.24) is 25.0 Å². The zero-order valence-electron chi connectivity index (χ0n) is 13.3. The molecule has 0 radical (unpaired) electrons. The Balaban J connectivity index is 1.54. The molecule has 6 heteroatoms. The topological polar surface area (TPSA) is 62.3 Å². The van der Waals surface area contributed by atoms with Gasteiger partial charge in [-0.3, -0.25) is 14.8 Å². The molecule has 24 heavy (non-hydrogen) atoms. The molecule has 0 aliphatic heterocycles. The Morgan fingerprint density at radius 3 is 2.67 bits per heavy atom. The predicted octanol–water partition coefficient (Wildman–Crippen LogP) is 4.36. The number of hydrogen-bond acceptors (Lipinski definition) is 3. The van der Waals surface area contributed by atoms with Gasteiger partial charge in [-0.15, -0.1) is 0 Å². The highest BCUT2D eigenvalue weighted by Gasteiger charge is 2.41. The Hall–Kier alpha value is -2.21. The minimum atomic E-state index is 0.480. The van der Waals surface area contributed by atoms with Crippen LogP contribution in [-0.2, 0) is 0 Å². The number of nitrogens with one attached hydrogen (secondary N) is 2. The van der Waals surface area contributed by atoms with Crippen LogP contribution in [0.15, 0.2) is 36.4 Å². The van der Waals surface area contributed by atoms with E-state index in [0.717, 1.165) is 39.4 Å². The number of aromatic amines is 2. The third kappa shape index (κ3) is 2.17. The highest BCUT2D eigenvalue weighted by atomic mass is 32.1. The molecule has 2 aliphatic carbocycles. The van der Waals surface area contributed by atoms with Crippen molar-refractivity contribution in [2.45, 2.75) is 31.7 Å². The molecule has 2 saturated carbocycles. The molecule has 2 N–H and O–H groups in total. The van der Waals surface area contributed by atoms with E-state index in [-0.39, 0.29) is 0 Å². The zero-order valence-corrected chi connectivity index (χ0v) is 14.1. The first kappa shape index (κ1) is 14.2. The molecule has 0 spiro atoms. The normalized spacial score (nSPS) is 25.4. The van der Waals surface area contributed by atoms with Crippen LogP contribution in [0.2, 0.25) is 0 Å². The first-order valence-electron chi connectivity index (χ1n) is 8.57. The summed E-state index contributed by atoms with van der Waals surface area (Å²) in [4.78, 5) is 0. The summed E-state index contributed by atoms with van der Waals surface area (Å²) in [5.41, 5.74) is 2.95. The van der Waals surface area contributed by atoms with E-state index >= 15 is 0 Å². The molecular weight excluding hydrogens is 318 g/mol. The SMILES string of the molecule is S=c1[nH]nc(-c2cc(-c3ccccc3)n[nH]2)n1[C@H]1C[C@@H]2CC[C@@H]1C2. The quantitative estimate of drug-likeness (QED) is 0.698. The van der Waals surface area contributed by atoms with Gasteiger partial charge < -0.3 is 0 Å². The van der Waals surface area contributed by atoms with E-state index in [2.05, 4.69) is 43.2 Å². The van der Waals surface area contributed by atoms with Crippen LogP contribution in [0.3, 0.4) is 0 Å². The maximum atomic E-state index is 5.54. The molecule has 2 aliphatic rings. The van der Waals surface area contributed by atoms with Crippen molar-refractivity contribution < 1.29 is 0 Å². The summed E-state index contributed by atoms with van der Waals surface area (Å²) in [5.74, 6) is 2.49. The first-order chi connectivity index (χ1) is 11.8. The molecule has 0 amide bonds. The van der Waals surface area contributed by atoms with Crippen LogP contribution in [0, 0.1) is 16.6 Å². The molecule has 122 valence electrons. The molecule has 2 bridgehead atoms. The summed E-state index contributed by atoms with van der Waals surface area (Å²) >= 11 is 5.54. The third-order valence-corrected chi connectivity index (χ3v) is 5.91. The number of fused-ring (bicyclic) bond motifs is 2. The molecule has 2 heterocycles. The van der Waals surface area contributed by atoms with Crippen LogP contribution in [-0.4, -0.2) is 25.0 Å². The lowest BCUT2D eigenvalue weighted by atomic mass is 9.95. The van der Waals surface area contributed by atoms with Crippen LogP contribution < -0.4 is 0 Å². The van der Waals surface area contributed by atoms with Crippen molar-refractivity contribution in [2.24, 2.45) is 11.8 Å². The van der Waals surface area contributed by atoms with Gasteiger partial charge >= 0.3 is 0 Å². The van der Waals surface area contributed by atoms with Crippen LogP contribution in [0.25, 0.3) is 22.8 Å². The van der Waals surface area contributed by atoms with E-state index in [0.29, 0.717) is 6.04 Å². The maximum absolute atomic E-state index is 5.54. The van der Waals surface area contributed by atoms with E-state index in [1.165, 1.54) is 25.7 Å². The molecule has 3 atom stereocenters. The second-order valence-corrected chi connectivity index (χ2v) is 7.38. The maximum Gasteiger partial charge on any atom is 0.195 e. The Morgan fingerprint density at radius 2 is 1.92 bits per heavy atom. The van der Waals surface area contributed by atoms with E-state index in [9.17, 15) is 0 Å². The molecule has 0 unspecified atom stereocenters. The van der Waals surface area contributed by atoms with Crippen molar-refractivity contribution in [1.29, 1.82) is 0 Å². The van der Waals surface area contributed by atoms with Crippen LogP contribution >= 0.6 is 12.2 Å². The Kier molecular flexibility index (Phi) is 3.19. The fourth-order valence-corrected chi connectivity index (χ4v) is 4.79. The Bertz CT molecular complexity index is 922. The Morgan fingerprint density at radius 1 is 1.04 bits per heavy atom. The summed E-state index contributed by atoms with van der Waals surface area (Å²) in [6.45, 7) is 0. The van der Waals surface area contributed by atoms with E-state index in [4.69, 9.17) is 12.2 Å². The molecule has 1 aromatic carbocycles. The van der Waals surface area contributed by atoms with Gasteiger partial charge in [0.15, 0.2) is 10.6 Å². The minimum Gasteiger partial charge on any atom is -0.295 e. The lowest BCUT2D eigenvalue weighted by molar-refractivity contribution is 0.329.